The molecule has 0 saturated carbocycles. The molecule has 0 unspecified atom stereocenters. The van der Waals surface area contributed by atoms with E-state index in [0.717, 1.165) is 17.8 Å². The highest BCUT2D eigenvalue weighted by Gasteiger charge is 2.33. The third kappa shape index (κ3) is 6.80. The van der Waals surface area contributed by atoms with E-state index in [0.29, 0.717) is 47.8 Å². The molecule has 1 saturated heterocycles. The number of carbonyl (C=O) groups is 2. The largest absolute Gasteiger partial charge is 0.493 e. The maximum Gasteiger partial charge on any atom is 0.416 e. The number of thiocarbonyl (C=S) groups is 1. The predicted octanol–water partition coefficient (Wildman–Crippen LogP) is 6.37. The van der Waals surface area contributed by atoms with Crippen molar-refractivity contribution in [2.45, 2.75) is 31.9 Å². The van der Waals surface area contributed by atoms with Crippen LogP contribution in [0.5, 0.6) is 11.5 Å². The van der Waals surface area contributed by atoms with Crippen molar-refractivity contribution in [2.24, 2.45) is 0 Å². The fourth-order valence-electron chi connectivity index (χ4n) is 3.74. The molecule has 0 aliphatic carbocycles. The molecule has 37 heavy (non-hydrogen) atoms. The first-order valence-electron chi connectivity index (χ1n) is 11.1. The number of hydrogen-bond donors (Lipinski definition) is 1. The summed E-state index contributed by atoms with van der Waals surface area (Å²) in [5.74, 6) is -1.95. The maximum atomic E-state index is 14.7. The summed E-state index contributed by atoms with van der Waals surface area (Å²) in [7, 11) is 2.62. The Morgan fingerprint density at radius 3 is 2.46 bits per heavy atom. The molecule has 2 aromatic rings. The minimum atomic E-state index is -4.68. The number of thioether (sulfide) groups is 1. The number of unbranched alkanes of at least 4 members (excludes halogenated alkanes) is 2. The summed E-state index contributed by atoms with van der Waals surface area (Å²) in [5.41, 5.74) is -0.981. The van der Waals surface area contributed by atoms with Crippen LogP contribution >= 0.6 is 24.0 Å². The van der Waals surface area contributed by atoms with Crippen LogP contribution in [0.1, 0.15) is 36.8 Å². The quantitative estimate of drug-likeness (QED) is 0.157. The maximum absolute atomic E-state index is 14.7. The average molecular weight is 558 g/mol. The predicted molar refractivity (Wildman–Crippen MR) is 136 cm³/mol. The number of carboxylic acid groups (broad SMARTS) is 1. The smallest absolute Gasteiger partial charge is 0.416 e. The molecular weight excluding hydrogens is 534 g/mol. The first-order valence-corrected chi connectivity index (χ1v) is 12.3. The molecule has 0 spiro atoms. The highest BCUT2D eigenvalue weighted by atomic mass is 32.2. The molecular formula is C25H23F4NO5S2. The van der Waals surface area contributed by atoms with Gasteiger partial charge in [-0.25, -0.2) is 4.39 Å². The Kier molecular flexibility index (Phi) is 9.19. The number of benzene rings is 2. The van der Waals surface area contributed by atoms with Crippen LogP contribution in [-0.4, -0.2) is 47.0 Å². The molecule has 1 amide bonds. The summed E-state index contributed by atoms with van der Waals surface area (Å²) in [6, 6.07) is 5.02. The Morgan fingerprint density at radius 1 is 1.11 bits per heavy atom. The van der Waals surface area contributed by atoms with Crippen molar-refractivity contribution in [3.63, 3.8) is 0 Å². The van der Waals surface area contributed by atoms with Gasteiger partial charge in [0.25, 0.3) is 5.91 Å². The van der Waals surface area contributed by atoms with Crippen molar-refractivity contribution < 1.29 is 41.7 Å². The van der Waals surface area contributed by atoms with Crippen molar-refractivity contribution >= 4 is 46.3 Å². The second kappa shape index (κ2) is 12.0. The summed E-state index contributed by atoms with van der Waals surface area (Å²) >= 11 is 6.38. The van der Waals surface area contributed by atoms with Crippen LogP contribution < -0.4 is 9.47 Å². The Balaban J connectivity index is 1.95. The molecule has 1 aliphatic rings. The normalized spacial score (nSPS) is 15.0. The molecule has 0 radical (unpaired) electrons. The fraction of sp³-hybridized carbons (Fsp3) is 0.320. The topological polar surface area (TPSA) is 76.1 Å². The van der Waals surface area contributed by atoms with E-state index < -0.39 is 23.5 Å². The fourth-order valence-corrected chi connectivity index (χ4v) is 5.05. The minimum absolute atomic E-state index is 0.0191. The standard InChI is InChI=1S/C25H23F4NO5S2/c1-34-19-11-14(12-20-23(33)30(24(36)37-20)9-5-3-4-6-21(31)32)10-17(22(19)35-2)16-13-15(25(27,28)29)7-8-18(16)26/h7-8,10-13H,3-6,9H2,1-2H3,(H,31,32). The van der Waals surface area contributed by atoms with Gasteiger partial charge in [0, 0.05) is 24.1 Å². The number of halogens is 4. The molecule has 2 aromatic carbocycles. The van der Waals surface area contributed by atoms with E-state index in [1.165, 1.54) is 37.3 Å². The van der Waals surface area contributed by atoms with E-state index >= 15 is 0 Å². The number of amides is 1. The Labute approximate surface area is 220 Å². The van der Waals surface area contributed by atoms with Gasteiger partial charge in [-0.3, -0.25) is 14.5 Å². The Bertz CT molecular complexity index is 1250. The number of aliphatic carboxylic acids is 1. The highest BCUT2D eigenvalue weighted by Crippen LogP contribution is 2.43. The monoisotopic (exact) mass is 557 g/mol. The SMILES string of the molecule is COc1cc(C=C2SC(=S)N(CCCCCC(=O)O)C2=O)cc(-c2cc(C(F)(F)F)ccc2F)c1OC. The van der Waals surface area contributed by atoms with Gasteiger partial charge in [0.1, 0.15) is 10.1 Å². The highest BCUT2D eigenvalue weighted by molar-refractivity contribution is 8.26. The van der Waals surface area contributed by atoms with Crippen LogP contribution in [-0.2, 0) is 15.8 Å². The number of nitrogens with zero attached hydrogens (tertiary/aromatic N) is 1. The first-order chi connectivity index (χ1) is 17.5. The van der Waals surface area contributed by atoms with Crippen LogP contribution in [0.2, 0.25) is 0 Å². The number of methoxy groups -OCH3 is 2. The lowest BCUT2D eigenvalue weighted by Crippen LogP contribution is -2.29. The molecule has 0 atom stereocenters. The first kappa shape index (κ1) is 28.5. The van der Waals surface area contributed by atoms with Crippen molar-refractivity contribution in [1.29, 1.82) is 0 Å². The summed E-state index contributed by atoms with van der Waals surface area (Å²) in [5, 5.41) is 8.73. The molecule has 1 N–H and O–H groups in total. The molecule has 0 bridgehead atoms. The van der Waals surface area contributed by atoms with Gasteiger partial charge in [-0.1, -0.05) is 30.4 Å². The van der Waals surface area contributed by atoms with Gasteiger partial charge in [0.05, 0.1) is 24.7 Å². The van der Waals surface area contributed by atoms with Crippen molar-refractivity contribution in [2.75, 3.05) is 20.8 Å². The molecule has 6 nitrogen and oxygen atoms in total. The van der Waals surface area contributed by atoms with Crippen molar-refractivity contribution in [3.8, 4) is 22.6 Å². The van der Waals surface area contributed by atoms with Crippen LogP contribution in [0.4, 0.5) is 17.6 Å². The third-order valence-corrected chi connectivity index (χ3v) is 6.91. The zero-order valence-corrected chi connectivity index (χ0v) is 21.5. The Hall–Kier alpha value is -3.12. The second-order valence-corrected chi connectivity index (χ2v) is 9.71. The number of carboxylic acids is 1. The van der Waals surface area contributed by atoms with E-state index in [1.54, 1.807) is 0 Å². The lowest BCUT2D eigenvalue weighted by atomic mass is 9.98. The van der Waals surface area contributed by atoms with Gasteiger partial charge in [-0.15, -0.1) is 0 Å². The van der Waals surface area contributed by atoms with Gasteiger partial charge in [0.15, 0.2) is 11.5 Å². The zero-order valence-electron chi connectivity index (χ0n) is 19.9. The van der Waals surface area contributed by atoms with E-state index in [9.17, 15) is 27.2 Å². The van der Waals surface area contributed by atoms with Crippen molar-refractivity contribution in [1.82, 2.24) is 4.90 Å². The zero-order chi connectivity index (χ0) is 27.3. The second-order valence-electron chi connectivity index (χ2n) is 8.03. The number of ether oxygens (including phenoxy) is 2. The summed E-state index contributed by atoms with van der Waals surface area (Å²) in [4.78, 5) is 25.3. The van der Waals surface area contributed by atoms with Crippen LogP contribution in [0.15, 0.2) is 35.2 Å². The van der Waals surface area contributed by atoms with Gasteiger partial charge in [-0.05, 0) is 54.8 Å². The molecule has 0 aromatic heterocycles. The lowest BCUT2D eigenvalue weighted by Gasteiger charge is -2.16. The van der Waals surface area contributed by atoms with E-state index in [-0.39, 0.29) is 39.9 Å². The number of alkyl halides is 3. The van der Waals surface area contributed by atoms with Gasteiger partial charge in [0.2, 0.25) is 0 Å². The summed E-state index contributed by atoms with van der Waals surface area (Å²) < 4.78 is 65.6. The van der Waals surface area contributed by atoms with Gasteiger partial charge < -0.3 is 14.6 Å². The summed E-state index contributed by atoms with van der Waals surface area (Å²) in [6.45, 7) is 0.328. The molecule has 198 valence electrons. The van der Waals surface area contributed by atoms with Crippen LogP contribution in [0, 0.1) is 5.82 Å². The Morgan fingerprint density at radius 2 is 1.84 bits per heavy atom. The third-order valence-electron chi connectivity index (χ3n) is 5.53. The number of carbonyl (C=O) groups excluding carboxylic acids is 1. The van der Waals surface area contributed by atoms with Crippen LogP contribution in [0.25, 0.3) is 17.2 Å². The van der Waals surface area contributed by atoms with Gasteiger partial charge in [-0.2, -0.15) is 13.2 Å². The molecule has 12 heteroatoms. The summed E-state index contributed by atoms with van der Waals surface area (Å²) in [6.07, 6.45) is -1.46. The number of hydrogen-bond acceptors (Lipinski definition) is 6. The van der Waals surface area contributed by atoms with Gasteiger partial charge >= 0.3 is 12.1 Å². The number of rotatable bonds is 10. The molecule has 1 aliphatic heterocycles. The minimum Gasteiger partial charge on any atom is -0.493 e. The molecule has 3 rings (SSSR count). The molecule has 1 heterocycles. The van der Waals surface area contributed by atoms with E-state index in [4.69, 9.17) is 26.8 Å². The van der Waals surface area contributed by atoms with Crippen LogP contribution in [0.3, 0.4) is 0 Å². The van der Waals surface area contributed by atoms with Crippen molar-refractivity contribution in [3.05, 3.63) is 52.2 Å². The van der Waals surface area contributed by atoms with E-state index in [2.05, 4.69) is 0 Å². The van der Waals surface area contributed by atoms with E-state index in [1.807, 2.05) is 0 Å². The molecule has 1 fully saturated rings. The average Bonchev–Trinajstić information content (AvgIpc) is 3.09. The lowest BCUT2D eigenvalue weighted by molar-refractivity contribution is -0.138.